The standard InChI is InChI=1S/C11H20N2O2/c1-9-4-6-13(7-5-12-9)11(14)10-3-2-8-15-10/h9-10,12H,2-8H2,1H3. The molecule has 2 aliphatic rings. The first-order chi connectivity index (χ1) is 7.27. The smallest absolute Gasteiger partial charge is 0.251 e. The maximum atomic E-state index is 12.0. The Morgan fingerprint density at radius 2 is 2.27 bits per heavy atom. The summed E-state index contributed by atoms with van der Waals surface area (Å²) in [7, 11) is 0. The maximum Gasteiger partial charge on any atom is 0.251 e. The van der Waals surface area contributed by atoms with Crippen molar-refractivity contribution in [2.75, 3.05) is 26.2 Å². The number of rotatable bonds is 1. The van der Waals surface area contributed by atoms with Gasteiger partial charge in [0.2, 0.25) is 0 Å². The second-order valence-electron chi connectivity index (χ2n) is 4.47. The van der Waals surface area contributed by atoms with Crippen LogP contribution in [-0.4, -0.2) is 49.2 Å². The molecule has 4 nitrogen and oxygen atoms in total. The van der Waals surface area contributed by atoms with Crippen molar-refractivity contribution in [1.29, 1.82) is 0 Å². The van der Waals surface area contributed by atoms with Gasteiger partial charge in [-0.1, -0.05) is 0 Å². The maximum absolute atomic E-state index is 12.0. The zero-order valence-corrected chi connectivity index (χ0v) is 9.37. The van der Waals surface area contributed by atoms with Gasteiger partial charge in [-0.3, -0.25) is 4.79 Å². The molecule has 2 unspecified atom stereocenters. The Morgan fingerprint density at radius 3 is 3.00 bits per heavy atom. The van der Waals surface area contributed by atoms with Crippen molar-refractivity contribution < 1.29 is 9.53 Å². The fourth-order valence-corrected chi connectivity index (χ4v) is 2.21. The van der Waals surface area contributed by atoms with Gasteiger partial charge in [0.25, 0.3) is 5.91 Å². The third-order valence-corrected chi connectivity index (χ3v) is 3.22. The van der Waals surface area contributed by atoms with Crippen LogP contribution in [0.25, 0.3) is 0 Å². The van der Waals surface area contributed by atoms with Crippen LogP contribution in [0.3, 0.4) is 0 Å². The van der Waals surface area contributed by atoms with Gasteiger partial charge < -0.3 is 15.0 Å². The molecule has 2 heterocycles. The third kappa shape index (κ3) is 2.69. The third-order valence-electron chi connectivity index (χ3n) is 3.22. The Labute approximate surface area is 91.0 Å². The largest absolute Gasteiger partial charge is 0.368 e. The highest BCUT2D eigenvalue weighted by Gasteiger charge is 2.28. The number of ether oxygens (including phenoxy) is 1. The molecule has 15 heavy (non-hydrogen) atoms. The molecule has 0 aromatic carbocycles. The highest BCUT2D eigenvalue weighted by Crippen LogP contribution is 2.15. The fraction of sp³-hybridized carbons (Fsp3) is 0.909. The molecule has 2 aliphatic heterocycles. The van der Waals surface area contributed by atoms with Crippen molar-refractivity contribution in [2.45, 2.75) is 38.3 Å². The van der Waals surface area contributed by atoms with E-state index in [0.717, 1.165) is 45.5 Å². The number of nitrogens with zero attached hydrogens (tertiary/aromatic N) is 1. The van der Waals surface area contributed by atoms with E-state index >= 15 is 0 Å². The molecule has 0 aromatic heterocycles. The van der Waals surface area contributed by atoms with Crippen LogP contribution >= 0.6 is 0 Å². The lowest BCUT2D eigenvalue weighted by molar-refractivity contribution is -0.140. The van der Waals surface area contributed by atoms with Crippen molar-refractivity contribution in [1.82, 2.24) is 10.2 Å². The van der Waals surface area contributed by atoms with Crippen molar-refractivity contribution in [2.24, 2.45) is 0 Å². The highest BCUT2D eigenvalue weighted by molar-refractivity contribution is 5.81. The fourth-order valence-electron chi connectivity index (χ4n) is 2.21. The normalized spacial score (nSPS) is 32.7. The van der Waals surface area contributed by atoms with Gasteiger partial charge in [-0.05, 0) is 26.2 Å². The quantitative estimate of drug-likeness (QED) is 0.683. The van der Waals surface area contributed by atoms with Crippen LogP contribution < -0.4 is 5.32 Å². The Kier molecular flexibility index (Phi) is 3.59. The molecule has 2 fully saturated rings. The zero-order valence-electron chi connectivity index (χ0n) is 9.37. The lowest BCUT2D eigenvalue weighted by Gasteiger charge is -2.23. The number of amides is 1. The molecule has 0 spiro atoms. The van der Waals surface area contributed by atoms with Gasteiger partial charge in [-0.15, -0.1) is 0 Å². The predicted octanol–water partition coefficient (Wildman–Crippen LogP) is 0.376. The van der Waals surface area contributed by atoms with Crippen molar-refractivity contribution in [3.05, 3.63) is 0 Å². The van der Waals surface area contributed by atoms with E-state index in [1.807, 2.05) is 4.90 Å². The zero-order chi connectivity index (χ0) is 10.7. The molecule has 86 valence electrons. The Bertz CT molecular complexity index is 227. The van der Waals surface area contributed by atoms with Gasteiger partial charge in [-0.25, -0.2) is 0 Å². The lowest BCUT2D eigenvalue weighted by Crippen LogP contribution is -2.40. The van der Waals surface area contributed by atoms with E-state index in [2.05, 4.69) is 12.2 Å². The van der Waals surface area contributed by atoms with Gasteiger partial charge in [0.15, 0.2) is 0 Å². The van der Waals surface area contributed by atoms with Crippen LogP contribution in [0.1, 0.15) is 26.2 Å². The summed E-state index contributed by atoms with van der Waals surface area (Å²) in [4.78, 5) is 14.0. The molecule has 1 amide bonds. The molecular formula is C11H20N2O2. The molecule has 0 aromatic rings. The second-order valence-corrected chi connectivity index (χ2v) is 4.47. The Balaban J connectivity index is 1.88. The van der Waals surface area contributed by atoms with E-state index in [0.29, 0.717) is 6.04 Å². The van der Waals surface area contributed by atoms with Crippen molar-refractivity contribution in [3.63, 3.8) is 0 Å². The van der Waals surface area contributed by atoms with Gasteiger partial charge in [0, 0.05) is 32.3 Å². The summed E-state index contributed by atoms with van der Waals surface area (Å²) >= 11 is 0. The van der Waals surface area contributed by atoms with Crippen LogP contribution in [0.4, 0.5) is 0 Å². The first-order valence-electron chi connectivity index (χ1n) is 5.91. The van der Waals surface area contributed by atoms with Crippen molar-refractivity contribution >= 4 is 5.91 Å². The summed E-state index contributed by atoms with van der Waals surface area (Å²) in [5, 5.41) is 3.39. The summed E-state index contributed by atoms with van der Waals surface area (Å²) in [6.45, 7) is 5.51. The molecular weight excluding hydrogens is 192 g/mol. The van der Waals surface area contributed by atoms with Crippen LogP contribution in [0, 0.1) is 0 Å². The molecule has 2 rings (SSSR count). The number of carbonyl (C=O) groups excluding carboxylic acids is 1. The number of hydrogen-bond acceptors (Lipinski definition) is 3. The van der Waals surface area contributed by atoms with Gasteiger partial charge in [0.1, 0.15) is 6.10 Å². The highest BCUT2D eigenvalue weighted by atomic mass is 16.5. The summed E-state index contributed by atoms with van der Waals surface area (Å²) in [5.74, 6) is 0.198. The number of nitrogens with one attached hydrogen (secondary N) is 1. The second kappa shape index (κ2) is 4.94. The van der Waals surface area contributed by atoms with Crippen LogP contribution in [0.2, 0.25) is 0 Å². The monoisotopic (exact) mass is 212 g/mol. The van der Waals surface area contributed by atoms with E-state index < -0.39 is 0 Å². The summed E-state index contributed by atoms with van der Waals surface area (Å²) in [5.41, 5.74) is 0. The van der Waals surface area contributed by atoms with E-state index in [4.69, 9.17) is 4.74 Å². The van der Waals surface area contributed by atoms with Crippen molar-refractivity contribution in [3.8, 4) is 0 Å². The van der Waals surface area contributed by atoms with E-state index in [9.17, 15) is 4.79 Å². The Morgan fingerprint density at radius 1 is 1.40 bits per heavy atom. The molecule has 0 aliphatic carbocycles. The average molecular weight is 212 g/mol. The minimum atomic E-state index is -0.154. The van der Waals surface area contributed by atoms with E-state index in [-0.39, 0.29) is 12.0 Å². The van der Waals surface area contributed by atoms with E-state index in [1.165, 1.54) is 0 Å². The first kappa shape index (κ1) is 10.9. The van der Waals surface area contributed by atoms with Gasteiger partial charge >= 0.3 is 0 Å². The minimum absolute atomic E-state index is 0.154. The first-order valence-corrected chi connectivity index (χ1v) is 5.91. The lowest BCUT2D eigenvalue weighted by atomic mass is 10.2. The molecule has 0 bridgehead atoms. The summed E-state index contributed by atoms with van der Waals surface area (Å²) in [6, 6.07) is 0.521. The van der Waals surface area contributed by atoms with Crippen LogP contribution in [0.15, 0.2) is 0 Å². The molecule has 4 heteroatoms. The predicted molar refractivity (Wildman–Crippen MR) is 57.6 cm³/mol. The summed E-state index contributed by atoms with van der Waals surface area (Å²) in [6.07, 6.45) is 2.81. The molecule has 0 saturated carbocycles. The topological polar surface area (TPSA) is 41.6 Å². The van der Waals surface area contributed by atoms with E-state index in [1.54, 1.807) is 0 Å². The Hall–Kier alpha value is -0.610. The van der Waals surface area contributed by atoms with Crippen LogP contribution in [0.5, 0.6) is 0 Å². The number of hydrogen-bond donors (Lipinski definition) is 1. The molecule has 1 N–H and O–H groups in total. The molecule has 2 saturated heterocycles. The minimum Gasteiger partial charge on any atom is -0.368 e. The number of carbonyl (C=O) groups is 1. The average Bonchev–Trinajstić information content (AvgIpc) is 2.67. The van der Waals surface area contributed by atoms with Gasteiger partial charge in [0.05, 0.1) is 0 Å². The molecule has 0 radical (unpaired) electrons. The van der Waals surface area contributed by atoms with Crippen LogP contribution in [-0.2, 0) is 9.53 Å². The van der Waals surface area contributed by atoms with Gasteiger partial charge in [-0.2, -0.15) is 0 Å². The SMILES string of the molecule is CC1CCN(C(=O)C2CCCO2)CCN1. The summed E-state index contributed by atoms with van der Waals surface area (Å²) < 4.78 is 5.42. The molecule has 2 atom stereocenters.